The van der Waals surface area contributed by atoms with Crippen molar-refractivity contribution in [1.29, 1.82) is 0 Å². The number of amides is 4. The average Bonchev–Trinajstić information content (AvgIpc) is 3.44. The van der Waals surface area contributed by atoms with Gasteiger partial charge < -0.3 is 26.3 Å². The lowest BCUT2D eigenvalue weighted by atomic mass is 10.00. The Balaban J connectivity index is 1.42. The normalized spacial score (nSPS) is 20.3. The third kappa shape index (κ3) is 8.52. The molecule has 4 amide bonds. The Kier molecular flexibility index (Phi) is 10.0. The average molecular weight is 634 g/mol. The Hall–Kier alpha value is -5.13. The standard InChI is InChI=1S/C34H34F3N5O4/c35-34(36,37)24-12-10-22(11-13-24)16-25-20-39-30(43)14-15-31(44)41-29(18-23-19-38-27-9-5-4-8-26(23)27)33(46)42-28(32(45)40-25)17-21-6-2-1-3-7-21/h1-13,19,25,28-29,38H,14-18,20H2,(H,39,43)(H,40,45)(H,41,44)(H,42,46)/t25?,28?,29-/m0/s1. The monoisotopic (exact) mass is 633 g/mol. The number of carbonyl (C=O) groups is 4. The van der Waals surface area contributed by atoms with Crippen molar-refractivity contribution in [3.05, 3.63) is 107 Å². The third-order valence-corrected chi connectivity index (χ3v) is 7.90. The van der Waals surface area contributed by atoms with Crippen LogP contribution in [0.15, 0.2) is 85.1 Å². The van der Waals surface area contributed by atoms with Crippen molar-refractivity contribution in [2.75, 3.05) is 6.54 Å². The van der Waals surface area contributed by atoms with E-state index in [0.29, 0.717) is 5.56 Å². The quantitative estimate of drug-likeness (QED) is 0.222. The summed E-state index contributed by atoms with van der Waals surface area (Å²) in [5, 5.41) is 12.1. The lowest BCUT2D eigenvalue weighted by Gasteiger charge is -2.27. The van der Waals surface area contributed by atoms with E-state index < -0.39 is 53.5 Å². The summed E-state index contributed by atoms with van der Waals surface area (Å²) >= 11 is 0. The van der Waals surface area contributed by atoms with Crippen LogP contribution in [-0.4, -0.2) is 53.3 Å². The first-order valence-electron chi connectivity index (χ1n) is 15.0. The van der Waals surface area contributed by atoms with E-state index in [4.69, 9.17) is 0 Å². The summed E-state index contributed by atoms with van der Waals surface area (Å²) in [5.41, 5.74) is 2.13. The summed E-state index contributed by atoms with van der Waals surface area (Å²) in [4.78, 5) is 56.4. The van der Waals surface area contributed by atoms with Crippen LogP contribution in [0.25, 0.3) is 10.9 Å². The molecule has 4 aromatic rings. The van der Waals surface area contributed by atoms with E-state index in [-0.39, 0.29) is 38.6 Å². The van der Waals surface area contributed by atoms with Gasteiger partial charge in [-0.2, -0.15) is 13.2 Å². The molecule has 0 aliphatic carbocycles. The van der Waals surface area contributed by atoms with Gasteiger partial charge in [-0.15, -0.1) is 0 Å². The van der Waals surface area contributed by atoms with Gasteiger partial charge in [0, 0.05) is 49.3 Å². The zero-order chi connectivity index (χ0) is 32.7. The van der Waals surface area contributed by atoms with E-state index in [1.165, 1.54) is 12.1 Å². The van der Waals surface area contributed by atoms with Crippen LogP contribution in [0.3, 0.4) is 0 Å². The molecule has 240 valence electrons. The molecule has 1 aromatic heterocycles. The second-order valence-corrected chi connectivity index (χ2v) is 11.3. The van der Waals surface area contributed by atoms with Gasteiger partial charge in [0.1, 0.15) is 12.1 Å². The molecule has 1 saturated heterocycles. The Labute approximate surface area is 263 Å². The lowest BCUT2D eigenvalue weighted by Crippen LogP contribution is -2.57. The molecule has 1 aliphatic rings. The molecule has 3 atom stereocenters. The highest BCUT2D eigenvalue weighted by Gasteiger charge is 2.31. The van der Waals surface area contributed by atoms with Gasteiger partial charge >= 0.3 is 6.18 Å². The zero-order valence-corrected chi connectivity index (χ0v) is 24.8. The predicted molar refractivity (Wildman–Crippen MR) is 165 cm³/mol. The fourth-order valence-electron chi connectivity index (χ4n) is 5.47. The highest BCUT2D eigenvalue weighted by Crippen LogP contribution is 2.29. The van der Waals surface area contributed by atoms with Gasteiger partial charge in [0.05, 0.1) is 11.6 Å². The third-order valence-electron chi connectivity index (χ3n) is 7.90. The number of carbonyl (C=O) groups excluding carboxylic acids is 4. The van der Waals surface area contributed by atoms with E-state index >= 15 is 0 Å². The maximum absolute atomic E-state index is 13.8. The van der Waals surface area contributed by atoms with E-state index in [2.05, 4.69) is 26.3 Å². The molecule has 1 fully saturated rings. The van der Waals surface area contributed by atoms with Crippen LogP contribution >= 0.6 is 0 Å². The molecule has 46 heavy (non-hydrogen) atoms. The van der Waals surface area contributed by atoms with Crippen molar-refractivity contribution in [1.82, 2.24) is 26.3 Å². The molecule has 5 N–H and O–H groups in total. The highest BCUT2D eigenvalue weighted by molar-refractivity contribution is 5.94. The number of rotatable bonds is 6. The van der Waals surface area contributed by atoms with Crippen LogP contribution in [0.4, 0.5) is 13.2 Å². The SMILES string of the molecule is O=C1CCC(=O)N[C@@H](Cc2c[nH]c3ccccc23)C(=O)NC(Cc2ccccc2)C(=O)NC(Cc2ccc(C(F)(F)F)cc2)CN1. The number of nitrogens with one attached hydrogen (secondary N) is 5. The van der Waals surface area contributed by atoms with Gasteiger partial charge in [0.25, 0.3) is 0 Å². The second-order valence-electron chi connectivity index (χ2n) is 11.3. The number of halogens is 3. The maximum atomic E-state index is 13.8. The largest absolute Gasteiger partial charge is 0.416 e. The van der Waals surface area contributed by atoms with Gasteiger partial charge in [0.15, 0.2) is 0 Å². The van der Waals surface area contributed by atoms with Crippen molar-refractivity contribution in [2.45, 2.75) is 56.4 Å². The summed E-state index contributed by atoms with van der Waals surface area (Å²) in [5.74, 6) is -2.07. The van der Waals surface area contributed by atoms with Gasteiger partial charge in [-0.05, 0) is 41.3 Å². The first-order chi connectivity index (χ1) is 22.0. The van der Waals surface area contributed by atoms with Gasteiger partial charge in [-0.1, -0.05) is 60.7 Å². The molecule has 0 bridgehead atoms. The predicted octanol–water partition coefficient (Wildman–Crippen LogP) is 3.58. The maximum Gasteiger partial charge on any atom is 0.416 e. The number of hydrogen-bond acceptors (Lipinski definition) is 4. The van der Waals surface area contributed by atoms with Crippen LogP contribution in [-0.2, 0) is 44.6 Å². The Morgan fingerprint density at radius 2 is 1.28 bits per heavy atom. The topological polar surface area (TPSA) is 132 Å². The van der Waals surface area contributed by atoms with Crippen LogP contribution < -0.4 is 21.3 Å². The molecular formula is C34H34F3N5O4. The number of hydrogen-bond donors (Lipinski definition) is 5. The molecule has 2 heterocycles. The van der Waals surface area contributed by atoms with E-state index in [1.807, 2.05) is 42.5 Å². The van der Waals surface area contributed by atoms with Gasteiger partial charge in [-0.25, -0.2) is 0 Å². The number of alkyl halides is 3. The number of H-pyrrole nitrogens is 1. The molecule has 5 rings (SSSR count). The summed E-state index contributed by atoms with van der Waals surface area (Å²) in [6.07, 6.45) is -2.69. The zero-order valence-electron chi connectivity index (χ0n) is 24.8. The Morgan fingerprint density at radius 1 is 0.652 bits per heavy atom. The molecule has 12 heteroatoms. The summed E-state index contributed by atoms with van der Waals surface area (Å²) < 4.78 is 39.3. The van der Waals surface area contributed by atoms with E-state index in [1.54, 1.807) is 18.3 Å². The highest BCUT2D eigenvalue weighted by atomic mass is 19.4. The molecule has 1 aliphatic heterocycles. The fourth-order valence-corrected chi connectivity index (χ4v) is 5.47. The molecule has 3 aromatic carbocycles. The minimum absolute atomic E-state index is 0.0393. The van der Waals surface area contributed by atoms with Crippen LogP contribution in [0, 0.1) is 0 Å². The smallest absolute Gasteiger partial charge is 0.361 e. The number of fused-ring (bicyclic) bond motifs is 1. The van der Waals surface area contributed by atoms with Gasteiger partial charge in [-0.3, -0.25) is 19.2 Å². The van der Waals surface area contributed by atoms with Crippen molar-refractivity contribution >= 4 is 34.5 Å². The molecule has 2 unspecified atom stereocenters. The van der Waals surface area contributed by atoms with Crippen LogP contribution in [0.5, 0.6) is 0 Å². The van der Waals surface area contributed by atoms with Crippen molar-refractivity contribution in [2.24, 2.45) is 0 Å². The van der Waals surface area contributed by atoms with Crippen molar-refractivity contribution in [3.63, 3.8) is 0 Å². The van der Waals surface area contributed by atoms with E-state index in [9.17, 15) is 32.3 Å². The minimum atomic E-state index is -4.49. The summed E-state index contributed by atoms with van der Waals surface area (Å²) in [7, 11) is 0. The Morgan fingerprint density at radius 3 is 2.02 bits per heavy atom. The second kappa shape index (κ2) is 14.3. The number of para-hydroxylation sites is 1. The van der Waals surface area contributed by atoms with E-state index in [0.717, 1.165) is 34.2 Å². The fraction of sp³-hybridized carbons (Fsp3) is 0.294. The number of benzene rings is 3. The summed E-state index contributed by atoms with van der Waals surface area (Å²) in [6.45, 7) is -0.0393. The van der Waals surface area contributed by atoms with Crippen LogP contribution in [0.2, 0.25) is 0 Å². The Bertz CT molecular complexity index is 1690. The van der Waals surface area contributed by atoms with Gasteiger partial charge in [0.2, 0.25) is 23.6 Å². The first-order valence-corrected chi connectivity index (χ1v) is 15.0. The molecule has 0 spiro atoms. The molecule has 0 radical (unpaired) electrons. The minimum Gasteiger partial charge on any atom is -0.361 e. The van der Waals surface area contributed by atoms with Crippen LogP contribution in [0.1, 0.15) is 35.1 Å². The van der Waals surface area contributed by atoms with Crippen molar-refractivity contribution in [3.8, 4) is 0 Å². The molecular weight excluding hydrogens is 599 g/mol. The number of aromatic amines is 1. The molecule has 0 saturated carbocycles. The summed E-state index contributed by atoms with van der Waals surface area (Å²) in [6, 6.07) is 18.3. The lowest BCUT2D eigenvalue weighted by molar-refractivity contribution is -0.137. The first kappa shape index (κ1) is 32.3. The van der Waals surface area contributed by atoms with Crippen molar-refractivity contribution < 1.29 is 32.3 Å². The number of aromatic nitrogens is 1. The molecule has 9 nitrogen and oxygen atoms in total.